The lowest BCUT2D eigenvalue weighted by Crippen LogP contribution is -2.37. The summed E-state index contributed by atoms with van der Waals surface area (Å²) in [5.74, 6) is 0.660. The maximum absolute atomic E-state index is 13.9. The fourth-order valence-corrected chi connectivity index (χ4v) is 4.80. The summed E-state index contributed by atoms with van der Waals surface area (Å²) in [4.78, 5) is 14.6. The number of aromatic nitrogens is 2. The van der Waals surface area contributed by atoms with Crippen LogP contribution in [-0.4, -0.2) is 39.8 Å². The smallest absolute Gasteiger partial charge is 0.229 e. The van der Waals surface area contributed by atoms with Gasteiger partial charge in [0.15, 0.2) is 4.34 Å². The highest BCUT2D eigenvalue weighted by atomic mass is 35.5. The molecule has 0 bridgehead atoms. The molecule has 3 rings (SSSR count). The summed E-state index contributed by atoms with van der Waals surface area (Å²) in [5, 5.41) is 12.0. The van der Waals surface area contributed by atoms with Gasteiger partial charge in [0, 0.05) is 28.8 Å². The molecule has 1 fully saturated rings. The topological polar surface area (TPSA) is 58.1 Å². The average Bonchev–Trinajstić information content (AvgIpc) is 3.10. The molecule has 2 aromatic rings. The van der Waals surface area contributed by atoms with E-state index in [1.54, 1.807) is 23.9 Å². The molecule has 0 atom stereocenters. The van der Waals surface area contributed by atoms with Crippen molar-refractivity contribution in [2.45, 2.75) is 37.1 Å². The molecule has 0 spiro atoms. The van der Waals surface area contributed by atoms with Crippen LogP contribution < -0.4 is 5.32 Å². The van der Waals surface area contributed by atoms with Gasteiger partial charge in [-0.15, -0.1) is 10.2 Å². The van der Waals surface area contributed by atoms with Gasteiger partial charge in [0.1, 0.15) is 5.82 Å². The highest BCUT2D eigenvalue weighted by molar-refractivity contribution is 8.01. The van der Waals surface area contributed by atoms with Gasteiger partial charge in [-0.25, -0.2) is 4.39 Å². The van der Waals surface area contributed by atoms with Crippen molar-refractivity contribution in [1.29, 1.82) is 0 Å². The zero-order chi connectivity index (χ0) is 19.2. The number of hydrogen-bond donors (Lipinski definition) is 1. The van der Waals surface area contributed by atoms with Crippen molar-refractivity contribution in [2.75, 3.05) is 24.2 Å². The molecule has 27 heavy (non-hydrogen) atoms. The average molecular weight is 429 g/mol. The Morgan fingerprint density at radius 1 is 1.41 bits per heavy atom. The molecule has 5 nitrogen and oxygen atoms in total. The Labute approximate surface area is 171 Å². The van der Waals surface area contributed by atoms with Crippen molar-refractivity contribution in [3.05, 3.63) is 34.6 Å². The first-order chi connectivity index (χ1) is 13.0. The van der Waals surface area contributed by atoms with E-state index in [0.717, 1.165) is 42.4 Å². The van der Waals surface area contributed by atoms with Crippen LogP contribution in [0.25, 0.3) is 0 Å². The van der Waals surface area contributed by atoms with Crippen LogP contribution >= 0.6 is 34.7 Å². The molecule has 1 aliphatic rings. The zero-order valence-electron chi connectivity index (χ0n) is 15.1. The van der Waals surface area contributed by atoms with Crippen LogP contribution in [0.15, 0.2) is 22.5 Å². The maximum Gasteiger partial charge on any atom is 0.229 e. The normalized spacial score (nSPS) is 15.8. The molecule has 0 saturated carbocycles. The Bertz CT molecular complexity index is 780. The third kappa shape index (κ3) is 5.88. The van der Waals surface area contributed by atoms with E-state index < -0.39 is 0 Å². The summed E-state index contributed by atoms with van der Waals surface area (Å²) in [7, 11) is 0. The monoisotopic (exact) mass is 428 g/mol. The number of carbonyl (C=O) groups is 1. The number of thioether (sulfide) groups is 1. The van der Waals surface area contributed by atoms with Crippen LogP contribution in [0.2, 0.25) is 5.02 Å². The van der Waals surface area contributed by atoms with Gasteiger partial charge in [-0.1, -0.05) is 47.7 Å². The minimum Gasteiger partial charge on any atom is -0.300 e. The van der Waals surface area contributed by atoms with Crippen molar-refractivity contribution in [1.82, 2.24) is 15.1 Å². The number of piperidine rings is 1. The molecule has 2 heterocycles. The van der Waals surface area contributed by atoms with Crippen LogP contribution in [0.5, 0.6) is 0 Å². The number of benzene rings is 1. The molecular formula is C18H22ClFN4OS2. The SMILES string of the molecule is CCCSc1nnc(NC(=O)C2CCN(Cc3ccc(Cl)cc3F)CC2)s1. The number of nitrogens with one attached hydrogen (secondary N) is 1. The van der Waals surface area contributed by atoms with Crippen LogP contribution in [0.4, 0.5) is 9.52 Å². The fourth-order valence-electron chi connectivity index (χ4n) is 2.96. The van der Waals surface area contributed by atoms with Gasteiger partial charge >= 0.3 is 0 Å². The first-order valence-corrected chi connectivity index (χ1v) is 11.2. The van der Waals surface area contributed by atoms with E-state index in [-0.39, 0.29) is 17.6 Å². The van der Waals surface area contributed by atoms with Crippen molar-refractivity contribution >= 4 is 45.7 Å². The Morgan fingerprint density at radius 2 is 2.19 bits per heavy atom. The summed E-state index contributed by atoms with van der Waals surface area (Å²) in [5.41, 5.74) is 0.633. The highest BCUT2D eigenvalue weighted by Crippen LogP contribution is 2.27. The predicted octanol–water partition coefficient (Wildman–Crippen LogP) is 4.68. The Kier molecular flexibility index (Phi) is 7.46. The van der Waals surface area contributed by atoms with Gasteiger partial charge in [-0.05, 0) is 44.5 Å². The zero-order valence-corrected chi connectivity index (χ0v) is 17.5. The molecule has 0 unspecified atom stereocenters. The third-order valence-electron chi connectivity index (χ3n) is 4.43. The molecule has 1 aromatic heterocycles. The van der Waals surface area contributed by atoms with Gasteiger partial charge < -0.3 is 5.32 Å². The van der Waals surface area contributed by atoms with Crippen molar-refractivity contribution in [2.24, 2.45) is 5.92 Å². The first-order valence-electron chi connectivity index (χ1n) is 8.98. The minimum atomic E-state index is -0.282. The lowest BCUT2D eigenvalue weighted by Gasteiger charge is -2.31. The molecule has 1 N–H and O–H groups in total. The number of hydrogen-bond acceptors (Lipinski definition) is 6. The molecule has 0 radical (unpaired) electrons. The number of halogens is 2. The molecule has 1 amide bonds. The molecule has 146 valence electrons. The van der Waals surface area contributed by atoms with Crippen LogP contribution in [0, 0.1) is 11.7 Å². The van der Waals surface area contributed by atoms with Crippen LogP contribution in [-0.2, 0) is 11.3 Å². The molecule has 9 heteroatoms. The predicted molar refractivity (Wildman–Crippen MR) is 109 cm³/mol. The van der Waals surface area contributed by atoms with Gasteiger partial charge in [-0.2, -0.15) is 0 Å². The Morgan fingerprint density at radius 3 is 2.89 bits per heavy atom. The summed E-state index contributed by atoms with van der Waals surface area (Å²) < 4.78 is 14.8. The maximum atomic E-state index is 13.9. The van der Waals surface area contributed by atoms with E-state index in [0.29, 0.717) is 22.3 Å². The fraction of sp³-hybridized carbons (Fsp3) is 0.500. The number of rotatable bonds is 7. The standard InChI is InChI=1S/C18H22ClFN4OS2/c1-2-9-26-18-23-22-17(27-18)21-16(25)12-5-7-24(8-6-12)11-13-3-4-14(19)10-15(13)20/h3-4,10,12H,2,5-9,11H2,1H3,(H,21,22,25). The minimum absolute atomic E-state index is 0.00415. The van der Waals surface area contributed by atoms with E-state index >= 15 is 0 Å². The molecule has 1 aliphatic heterocycles. The van der Waals surface area contributed by atoms with Crippen molar-refractivity contribution < 1.29 is 9.18 Å². The molecular weight excluding hydrogens is 407 g/mol. The third-order valence-corrected chi connectivity index (χ3v) is 6.85. The lowest BCUT2D eigenvalue weighted by molar-refractivity contribution is -0.121. The largest absolute Gasteiger partial charge is 0.300 e. The second kappa shape index (κ2) is 9.82. The molecule has 0 aliphatic carbocycles. The van der Waals surface area contributed by atoms with E-state index in [1.807, 2.05) is 0 Å². The number of nitrogens with zero attached hydrogens (tertiary/aromatic N) is 3. The van der Waals surface area contributed by atoms with E-state index in [9.17, 15) is 9.18 Å². The summed E-state index contributed by atoms with van der Waals surface area (Å²) in [6.45, 7) is 4.16. The van der Waals surface area contributed by atoms with Gasteiger partial charge in [0.2, 0.25) is 11.0 Å². The number of anilines is 1. The van der Waals surface area contributed by atoms with E-state index in [1.165, 1.54) is 17.4 Å². The number of carbonyl (C=O) groups excluding carboxylic acids is 1. The second-order valence-electron chi connectivity index (χ2n) is 6.50. The highest BCUT2D eigenvalue weighted by Gasteiger charge is 2.26. The first kappa shape index (κ1) is 20.5. The quantitative estimate of drug-likeness (QED) is 0.512. The van der Waals surface area contributed by atoms with Gasteiger partial charge in [0.05, 0.1) is 0 Å². The lowest BCUT2D eigenvalue weighted by atomic mass is 9.95. The molecule has 1 saturated heterocycles. The summed E-state index contributed by atoms with van der Waals surface area (Å²) in [6, 6.07) is 4.77. The second-order valence-corrected chi connectivity index (χ2v) is 9.25. The van der Waals surface area contributed by atoms with Gasteiger partial charge in [0.25, 0.3) is 0 Å². The van der Waals surface area contributed by atoms with E-state index in [4.69, 9.17) is 11.6 Å². The van der Waals surface area contributed by atoms with Crippen molar-refractivity contribution in [3.63, 3.8) is 0 Å². The van der Waals surface area contributed by atoms with Crippen LogP contribution in [0.1, 0.15) is 31.7 Å². The number of amides is 1. The van der Waals surface area contributed by atoms with Crippen molar-refractivity contribution in [3.8, 4) is 0 Å². The van der Waals surface area contributed by atoms with Gasteiger partial charge in [-0.3, -0.25) is 9.69 Å². The number of likely N-dealkylation sites (tertiary alicyclic amines) is 1. The molecule has 1 aromatic carbocycles. The van der Waals surface area contributed by atoms with E-state index in [2.05, 4.69) is 27.3 Å². The van der Waals surface area contributed by atoms with Crippen LogP contribution in [0.3, 0.4) is 0 Å². The summed E-state index contributed by atoms with van der Waals surface area (Å²) >= 11 is 8.87. The Balaban J connectivity index is 1.47. The Hall–Kier alpha value is -1.22. The summed E-state index contributed by atoms with van der Waals surface area (Å²) in [6.07, 6.45) is 2.57.